The Kier molecular flexibility index (Phi) is 6.52. The summed E-state index contributed by atoms with van der Waals surface area (Å²) in [6.07, 6.45) is 1.52. The summed E-state index contributed by atoms with van der Waals surface area (Å²) in [7, 11) is 0. The fourth-order valence-corrected chi connectivity index (χ4v) is 1.36. The highest BCUT2D eigenvalue weighted by Gasteiger charge is 2.03. The molecule has 0 aliphatic carbocycles. The zero-order valence-corrected chi connectivity index (χ0v) is 11.8. The van der Waals surface area contributed by atoms with Crippen molar-refractivity contribution < 1.29 is 9.47 Å². The van der Waals surface area contributed by atoms with Gasteiger partial charge in [0.15, 0.2) is 0 Å². The lowest BCUT2D eigenvalue weighted by Crippen LogP contribution is -2.27. The van der Waals surface area contributed by atoms with Crippen LogP contribution in [0.3, 0.4) is 0 Å². The topological polar surface area (TPSA) is 79.4 Å². The highest BCUT2D eigenvalue weighted by Crippen LogP contribution is 2.03. The summed E-state index contributed by atoms with van der Waals surface area (Å²) in [4.78, 5) is 11.7. The van der Waals surface area contributed by atoms with Gasteiger partial charge < -0.3 is 15.2 Å². The molecule has 0 bridgehead atoms. The van der Waals surface area contributed by atoms with Crippen LogP contribution in [0.4, 0.5) is 0 Å². The summed E-state index contributed by atoms with van der Waals surface area (Å²) in [5.41, 5.74) is 5.37. The van der Waals surface area contributed by atoms with Crippen molar-refractivity contribution in [2.75, 3.05) is 19.8 Å². The standard InChI is InChI=1S/C13H23N3O3/c1-10(2)8-18-5-4-16-13(17)6-12(7-15-16)19-9-11(3)14/h6-7,10-11H,4-5,8-9,14H2,1-3H3. The fraction of sp³-hybridized carbons (Fsp3) is 0.692. The Hall–Kier alpha value is -1.40. The second-order valence-corrected chi connectivity index (χ2v) is 5.01. The number of rotatable bonds is 8. The third-order valence-electron chi connectivity index (χ3n) is 2.26. The van der Waals surface area contributed by atoms with Gasteiger partial charge in [0.05, 0.1) is 19.3 Å². The number of nitrogens with zero attached hydrogens (tertiary/aromatic N) is 2. The molecular formula is C13H23N3O3. The van der Waals surface area contributed by atoms with E-state index in [1.807, 2.05) is 6.92 Å². The van der Waals surface area contributed by atoms with Crippen LogP contribution in [0.5, 0.6) is 5.75 Å². The van der Waals surface area contributed by atoms with Crippen LogP contribution in [-0.4, -0.2) is 35.6 Å². The first-order valence-electron chi connectivity index (χ1n) is 6.52. The lowest BCUT2D eigenvalue weighted by molar-refractivity contribution is 0.0999. The van der Waals surface area contributed by atoms with Crippen molar-refractivity contribution in [2.45, 2.75) is 33.4 Å². The molecule has 1 aromatic heterocycles. The van der Waals surface area contributed by atoms with Crippen LogP contribution in [0.15, 0.2) is 17.1 Å². The number of nitrogens with two attached hydrogens (primary N) is 1. The lowest BCUT2D eigenvalue weighted by Gasteiger charge is -2.10. The van der Waals surface area contributed by atoms with Gasteiger partial charge in [0.25, 0.3) is 5.56 Å². The largest absolute Gasteiger partial charge is 0.490 e. The maximum absolute atomic E-state index is 11.7. The fourth-order valence-electron chi connectivity index (χ4n) is 1.36. The van der Waals surface area contributed by atoms with Crippen LogP contribution in [0.2, 0.25) is 0 Å². The molecule has 0 aliphatic heterocycles. The van der Waals surface area contributed by atoms with Crippen molar-refractivity contribution in [2.24, 2.45) is 11.7 Å². The average molecular weight is 269 g/mol. The van der Waals surface area contributed by atoms with Gasteiger partial charge in [0.2, 0.25) is 0 Å². The first kappa shape index (κ1) is 15.7. The van der Waals surface area contributed by atoms with Gasteiger partial charge in [-0.1, -0.05) is 13.8 Å². The average Bonchev–Trinajstić information content (AvgIpc) is 2.33. The van der Waals surface area contributed by atoms with Crippen LogP contribution in [0, 0.1) is 5.92 Å². The maximum Gasteiger partial charge on any atom is 0.270 e. The van der Waals surface area contributed by atoms with Crippen LogP contribution in [-0.2, 0) is 11.3 Å². The summed E-state index contributed by atoms with van der Waals surface area (Å²) < 4.78 is 12.1. The third kappa shape index (κ3) is 6.35. The quantitative estimate of drug-likeness (QED) is 0.701. The molecule has 1 heterocycles. The minimum atomic E-state index is -0.199. The van der Waals surface area contributed by atoms with Crippen LogP contribution < -0.4 is 16.0 Å². The first-order chi connectivity index (χ1) is 8.99. The predicted octanol–water partition coefficient (Wildman–Crippen LogP) is 0.642. The minimum Gasteiger partial charge on any atom is -0.490 e. The van der Waals surface area contributed by atoms with Crippen LogP contribution in [0.25, 0.3) is 0 Å². The third-order valence-corrected chi connectivity index (χ3v) is 2.26. The molecule has 0 saturated carbocycles. The molecule has 2 N–H and O–H groups in total. The van der Waals surface area contributed by atoms with E-state index in [1.54, 1.807) is 0 Å². The molecular weight excluding hydrogens is 246 g/mol. The lowest BCUT2D eigenvalue weighted by atomic mass is 10.2. The molecule has 19 heavy (non-hydrogen) atoms. The van der Waals surface area contributed by atoms with E-state index in [1.165, 1.54) is 16.9 Å². The molecule has 1 atom stereocenters. The Balaban J connectivity index is 2.46. The number of hydrogen-bond donors (Lipinski definition) is 1. The molecule has 0 aromatic carbocycles. The maximum atomic E-state index is 11.7. The number of ether oxygens (including phenoxy) is 2. The van der Waals surface area contributed by atoms with Gasteiger partial charge in [-0.25, -0.2) is 4.68 Å². The zero-order chi connectivity index (χ0) is 14.3. The Bertz CT molecular complexity index is 429. The molecule has 0 spiro atoms. The summed E-state index contributed by atoms with van der Waals surface area (Å²) in [6, 6.07) is 1.34. The summed E-state index contributed by atoms with van der Waals surface area (Å²) in [5, 5.41) is 4.03. The summed E-state index contributed by atoms with van der Waals surface area (Å²) in [6.45, 7) is 7.96. The van der Waals surface area contributed by atoms with Crippen molar-refractivity contribution in [1.29, 1.82) is 0 Å². The van der Waals surface area contributed by atoms with Gasteiger partial charge in [-0.2, -0.15) is 5.10 Å². The summed E-state index contributed by atoms with van der Waals surface area (Å²) in [5.74, 6) is 0.931. The Morgan fingerprint density at radius 1 is 1.37 bits per heavy atom. The van der Waals surface area contributed by atoms with Gasteiger partial charge in [0, 0.05) is 18.7 Å². The zero-order valence-electron chi connectivity index (χ0n) is 11.8. The second kappa shape index (κ2) is 7.91. The minimum absolute atomic E-state index is 0.0770. The van der Waals surface area contributed by atoms with Gasteiger partial charge >= 0.3 is 0 Å². The molecule has 108 valence electrons. The van der Waals surface area contributed by atoms with Gasteiger partial charge in [-0.3, -0.25) is 4.79 Å². The van der Waals surface area contributed by atoms with Crippen molar-refractivity contribution >= 4 is 0 Å². The van der Waals surface area contributed by atoms with Gasteiger partial charge in [-0.05, 0) is 12.8 Å². The van der Waals surface area contributed by atoms with Crippen molar-refractivity contribution in [3.8, 4) is 5.75 Å². The van der Waals surface area contributed by atoms with E-state index in [2.05, 4.69) is 18.9 Å². The van der Waals surface area contributed by atoms with E-state index < -0.39 is 0 Å². The molecule has 1 aromatic rings. The van der Waals surface area contributed by atoms with Gasteiger partial charge in [0.1, 0.15) is 12.4 Å². The highest BCUT2D eigenvalue weighted by molar-refractivity contribution is 5.13. The van der Waals surface area contributed by atoms with Crippen molar-refractivity contribution in [3.63, 3.8) is 0 Å². The predicted molar refractivity (Wildman–Crippen MR) is 73.3 cm³/mol. The highest BCUT2D eigenvalue weighted by atomic mass is 16.5. The Morgan fingerprint density at radius 3 is 2.68 bits per heavy atom. The molecule has 0 saturated heterocycles. The number of aromatic nitrogens is 2. The Labute approximate surface area is 113 Å². The SMILES string of the molecule is CC(C)COCCn1ncc(OCC(C)N)cc1=O. The number of hydrogen-bond acceptors (Lipinski definition) is 5. The van der Waals surface area contributed by atoms with E-state index in [-0.39, 0.29) is 11.6 Å². The molecule has 0 fully saturated rings. The van der Waals surface area contributed by atoms with E-state index in [9.17, 15) is 4.79 Å². The van der Waals surface area contributed by atoms with Crippen molar-refractivity contribution in [1.82, 2.24) is 9.78 Å². The Morgan fingerprint density at radius 2 is 2.11 bits per heavy atom. The molecule has 1 unspecified atom stereocenters. The van der Waals surface area contributed by atoms with E-state index in [0.717, 1.165) is 0 Å². The van der Waals surface area contributed by atoms with E-state index >= 15 is 0 Å². The van der Waals surface area contributed by atoms with Crippen molar-refractivity contribution in [3.05, 3.63) is 22.6 Å². The smallest absolute Gasteiger partial charge is 0.270 e. The van der Waals surface area contributed by atoms with E-state index in [4.69, 9.17) is 15.2 Å². The summed E-state index contributed by atoms with van der Waals surface area (Å²) >= 11 is 0. The molecule has 6 nitrogen and oxygen atoms in total. The second-order valence-electron chi connectivity index (χ2n) is 5.01. The van der Waals surface area contributed by atoms with Crippen LogP contribution >= 0.6 is 0 Å². The van der Waals surface area contributed by atoms with Crippen LogP contribution in [0.1, 0.15) is 20.8 Å². The molecule has 0 radical (unpaired) electrons. The molecule has 0 amide bonds. The molecule has 0 aliphatic rings. The molecule has 1 rings (SSSR count). The van der Waals surface area contributed by atoms with Gasteiger partial charge in [-0.15, -0.1) is 0 Å². The first-order valence-corrected chi connectivity index (χ1v) is 6.52. The normalized spacial score (nSPS) is 12.7. The molecule has 6 heteroatoms. The van der Waals surface area contributed by atoms with E-state index in [0.29, 0.717) is 38.0 Å². The monoisotopic (exact) mass is 269 g/mol.